The first-order valence-corrected chi connectivity index (χ1v) is 7.76. The number of esters is 1. The minimum atomic E-state index is -0.574. The number of halogens is 1. The summed E-state index contributed by atoms with van der Waals surface area (Å²) in [4.78, 5) is 40.2. The summed E-state index contributed by atoms with van der Waals surface area (Å²) < 4.78 is 5.55. The van der Waals surface area contributed by atoms with Gasteiger partial charge in [-0.15, -0.1) is 0 Å². The van der Waals surface area contributed by atoms with Gasteiger partial charge in [0.15, 0.2) is 6.61 Å². The molecule has 0 fully saturated rings. The second kappa shape index (κ2) is 6.71. The first kappa shape index (κ1) is 16.0. The van der Waals surface area contributed by atoms with E-state index in [4.69, 9.17) is 4.74 Å². The number of ether oxygens (including phenoxy) is 1. The van der Waals surface area contributed by atoms with Crippen molar-refractivity contribution in [3.63, 3.8) is 0 Å². The highest BCUT2D eigenvalue weighted by Gasteiger charge is 2.12. The second-order valence-corrected chi connectivity index (χ2v) is 5.80. The number of benzene rings is 2. The number of carbonyl (C=O) groups excluding carboxylic acids is 2. The molecule has 0 bridgehead atoms. The fourth-order valence-corrected chi connectivity index (χ4v) is 2.57. The Morgan fingerprint density at radius 2 is 1.75 bits per heavy atom. The fourth-order valence-electron chi connectivity index (χ4n) is 2.13. The lowest BCUT2D eigenvalue weighted by Gasteiger charge is -2.08. The Morgan fingerprint density at radius 1 is 1.08 bits per heavy atom. The maximum Gasteiger partial charge on any atom is 0.338 e. The fraction of sp³-hybridized carbons (Fsp3) is 0.0625. The third-order valence-corrected chi connectivity index (χ3v) is 3.88. The van der Waals surface area contributed by atoms with Crippen LogP contribution in [-0.4, -0.2) is 28.5 Å². The molecule has 1 heterocycles. The molecule has 122 valence electrons. The summed E-state index contributed by atoms with van der Waals surface area (Å²) in [6.45, 7) is -0.415. The maximum atomic E-state index is 12.0. The summed E-state index contributed by atoms with van der Waals surface area (Å²) in [6.07, 6.45) is 0. The van der Waals surface area contributed by atoms with E-state index in [1.165, 1.54) is 0 Å². The zero-order chi connectivity index (χ0) is 17.1. The van der Waals surface area contributed by atoms with Crippen molar-refractivity contribution in [2.45, 2.75) is 0 Å². The van der Waals surface area contributed by atoms with Crippen molar-refractivity contribution in [3.05, 3.63) is 63.0 Å². The number of H-pyrrole nitrogens is 2. The average molecular weight is 390 g/mol. The van der Waals surface area contributed by atoms with Gasteiger partial charge in [0.25, 0.3) is 5.91 Å². The molecule has 3 rings (SSSR count). The third-order valence-electron chi connectivity index (χ3n) is 3.22. The van der Waals surface area contributed by atoms with Crippen LogP contribution in [0.15, 0.2) is 51.7 Å². The van der Waals surface area contributed by atoms with Crippen LogP contribution in [0, 0.1) is 0 Å². The van der Waals surface area contributed by atoms with E-state index in [1.807, 2.05) is 0 Å². The van der Waals surface area contributed by atoms with Gasteiger partial charge in [0.2, 0.25) is 0 Å². The second-order valence-electron chi connectivity index (χ2n) is 4.95. The Balaban J connectivity index is 1.65. The van der Waals surface area contributed by atoms with Gasteiger partial charge in [0.05, 0.1) is 22.3 Å². The Kier molecular flexibility index (Phi) is 4.48. The normalized spacial score (nSPS) is 10.5. The minimum Gasteiger partial charge on any atom is -0.452 e. The summed E-state index contributed by atoms with van der Waals surface area (Å²) in [6, 6.07) is 11.7. The Hall–Kier alpha value is -2.87. The van der Waals surface area contributed by atoms with Crippen LogP contribution < -0.4 is 11.0 Å². The van der Waals surface area contributed by atoms with Crippen LogP contribution in [0.2, 0.25) is 0 Å². The molecule has 0 atom stereocenters. The molecule has 3 aromatic rings. The molecular formula is C16H12BrN3O4. The summed E-state index contributed by atoms with van der Waals surface area (Å²) in [7, 11) is 0. The van der Waals surface area contributed by atoms with Crippen LogP contribution in [0.3, 0.4) is 0 Å². The standard InChI is InChI=1S/C16H12BrN3O4/c17-10-6-12-13(20-16(23)19-12)7-11(10)18-14(21)8-24-15(22)9-4-2-1-3-5-9/h1-7H,8H2,(H,18,21)(H2,19,20,23). The SMILES string of the molecule is O=C(COC(=O)c1ccccc1)Nc1cc2[nH]c(=O)[nH]c2cc1Br. The minimum absolute atomic E-state index is 0.336. The van der Waals surface area contributed by atoms with Gasteiger partial charge in [0.1, 0.15) is 0 Å². The monoisotopic (exact) mass is 389 g/mol. The number of amides is 1. The largest absolute Gasteiger partial charge is 0.452 e. The molecule has 24 heavy (non-hydrogen) atoms. The molecule has 1 amide bonds. The predicted octanol–water partition coefficient (Wildman–Crippen LogP) is 2.41. The third kappa shape index (κ3) is 3.54. The van der Waals surface area contributed by atoms with Crippen LogP contribution >= 0.6 is 15.9 Å². The van der Waals surface area contributed by atoms with Crippen LogP contribution in [0.25, 0.3) is 11.0 Å². The predicted molar refractivity (Wildman–Crippen MR) is 92.0 cm³/mol. The molecule has 8 heteroatoms. The first-order chi connectivity index (χ1) is 11.5. The number of aromatic nitrogens is 2. The Labute approximate surface area is 144 Å². The molecule has 0 aliphatic carbocycles. The summed E-state index contributed by atoms with van der Waals surface area (Å²) in [5.41, 5.74) is 1.66. The van der Waals surface area contributed by atoms with E-state index in [-0.39, 0.29) is 5.69 Å². The van der Waals surface area contributed by atoms with E-state index in [0.717, 1.165) is 0 Å². The van der Waals surface area contributed by atoms with E-state index in [0.29, 0.717) is 26.8 Å². The average Bonchev–Trinajstić information content (AvgIpc) is 2.92. The lowest BCUT2D eigenvalue weighted by molar-refractivity contribution is -0.119. The van der Waals surface area contributed by atoms with E-state index in [9.17, 15) is 14.4 Å². The van der Waals surface area contributed by atoms with Gasteiger partial charge in [-0.05, 0) is 40.2 Å². The van der Waals surface area contributed by atoms with Gasteiger partial charge in [0, 0.05) is 4.47 Å². The molecule has 0 aliphatic heterocycles. The Morgan fingerprint density at radius 3 is 2.46 bits per heavy atom. The number of aromatic amines is 2. The molecule has 0 radical (unpaired) electrons. The van der Waals surface area contributed by atoms with Crippen molar-refractivity contribution in [2.24, 2.45) is 0 Å². The lowest BCUT2D eigenvalue weighted by Crippen LogP contribution is -2.21. The highest BCUT2D eigenvalue weighted by molar-refractivity contribution is 9.10. The van der Waals surface area contributed by atoms with Crippen molar-refractivity contribution >= 4 is 44.5 Å². The zero-order valence-corrected chi connectivity index (χ0v) is 13.8. The van der Waals surface area contributed by atoms with Gasteiger partial charge in [-0.25, -0.2) is 9.59 Å². The number of carbonyl (C=O) groups is 2. The van der Waals surface area contributed by atoms with Crippen LogP contribution in [0.1, 0.15) is 10.4 Å². The molecule has 0 spiro atoms. The topological polar surface area (TPSA) is 104 Å². The number of imidazole rings is 1. The van der Waals surface area contributed by atoms with Crippen molar-refractivity contribution in [2.75, 3.05) is 11.9 Å². The first-order valence-electron chi connectivity index (χ1n) is 6.96. The molecule has 0 saturated heterocycles. The number of anilines is 1. The van der Waals surface area contributed by atoms with Crippen molar-refractivity contribution in [1.82, 2.24) is 9.97 Å². The molecule has 0 saturated carbocycles. The summed E-state index contributed by atoms with van der Waals surface area (Å²) in [5, 5.41) is 2.62. The number of fused-ring (bicyclic) bond motifs is 1. The maximum absolute atomic E-state index is 12.0. The van der Waals surface area contributed by atoms with Gasteiger partial charge < -0.3 is 20.0 Å². The number of hydrogen-bond donors (Lipinski definition) is 3. The lowest BCUT2D eigenvalue weighted by atomic mass is 10.2. The zero-order valence-electron chi connectivity index (χ0n) is 12.3. The molecule has 0 aliphatic rings. The molecule has 0 unspecified atom stereocenters. The van der Waals surface area contributed by atoms with Gasteiger partial charge >= 0.3 is 11.7 Å². The number of nitrogens with one attached hydrogen (secondary N) is 3. The van der Waals surface area contributed by atoms with Crippen LogP contribution in [-0.2, 0) is 9.53 Å². The van der Waals surface area contributed by atoms with E-state index in [1.54, 1.807) is 42.5 Å². The number of rotatable bonds is 4. The number of hydrogen-bond acceptors (Lipinski definition) is 4. The van der Waals surface area contributed by atoms with Crippen molar-refractivity contribution in [1.29, 1.82) is 0 Å². The smallest absolute Gasteiger partial charge is 0.338 e. The van der Waals surface area contributed by atoms with E-state index >= 15 is 0 Å². The molecule has 7 nitrogen and oxygen atoms in total. The van der Waals surface area contributed by atoms with Crippen LogP contribution in [0.4, 0.5) is 5.69 Å². The highest BCUT2D eigenvalue weighted by atomic mass is 79.9. The van der Waals surface area contributed by atoms with Crippen molar-refractivity contribution < 1.29 is 14.3 Å². The summed E-state index contributed by atoms with van der Waals surface area (Å²) >= 11 is 3.31. The van der Waals surface area contributed by atoms with Gasteiger partial charge in [-0.3, -0.25) is 4.79 Å². The highest BCUT2D eigenvalue weighted by Crippen LogP contribution is 2.26. The quantitative estimate of drug-likeness (QED) is 0.595. The van der Waals surface area contributed by atoms with E-state index in [2.05, 4.69) is 31.2 Å². The Bertz CT molecular complexity index is 962. The van der Waals surface area contributed by atoms with Crippen LogP contribution in [0.5, 0.6) is 0 Å². The molecular weight excluding hydrogens is 378 g/mol. The van der Waals surface area contributed by atoms with Gasteiger partial charge in [-0.1, -0.05) is 18.2 Å². The van der Waals surface area contributed by atoms with E-state index < -0.39 is 18.5 Å². The molecule has 2 aromatic carbocycles. The molecule has 3 N–H and O–H groups in total. The summed E-state index contributed by atoms with van der Waals surface area (Å²) in [5.74, 6) is -1.06. The van der Waals surface area contributed by atoms with Crippen molar-refractivity contribution in [3.8, 4) is 0 Å². The van der Waals surface area contributed by atoms with Gasteiger partial charge in [-0.2, -0.15) is 0 Å². The molecule has 1 aromatic heterocycles.